The van der Waals surface area contributed by atoms with Crippen molar-refractivity contribution in [3.05, 3.63) is 34.3 Å². The molecule has 0 aliphatic rings. The summed E-state index contributed by atoms with van der Waals surface area (Å²) < 4.78 is 1.03. The van der Waals surface area contributed by atoms with Crippen molar-refractivity contribution in [2.75, 3.05) is 0 Å². The predicted octanol–water partition coefficient (Wildman–Crippen LogP) is 3.54. The zero-order valence-electron chi connectivity index (χ0n) is 10.9. The molecule has 0 aromatic heterocycles. The van der Waals surface area contributed by atoms with Crippen molar-refractivity contribution in [1.29, 1.82) is 0 Å². The maximum absolute atomic E-state index is 11.8. The molecule has 2 nitrogen and oxygen atoms in total. The summed E-state index contributed by atoms with van der Waals surface area (Å²) in [6.45, 7) is 8.41. The monoisotopic (exact) mass is 297 g/mol. The van der Waals surface area contributed by atoms with Gasteiger partial charge in [0.25, 0.3) is 0 Å². The fourth-order valence-corrected chi connectivity index (χ4v) is 1.56. The molecule has 0 aliphatic heterocycles. The molecule has 0 unspecified atom stereocenters. The number of benzene rings is 1. The van der Waals surface area contributed by atoms with E-state index in [2.05, 4.69) is 42.0 Å². The molecule has 1 aromatic rings. The van der Waals surface area contributed by atoms with Gasteiger partial charge in [-0.15, -0.1) is 0 Å². The SMILES string of the molecule is C[C@@H](NC(=O)Cc1ccc(Br)cc1)C(C)(C)C. The van der Waals surface area contributed by atoms with Crippen LogP contribution in [0.15, 0.2) is 28.7 Å². The Kier molecular flexibility index (Phi) is 4.75. The molecule has 1 aromatic carbocycles. The number of amides is 1. The van der Waals surface area contributed by atoms with Crippen molar-refractivity contribution < 1.29 is 4.79 Å². The van der Waals surface area contributed by atoms with E-state index in [9.17, 15) is 4.79 Å². The molecule has 0 saturated carbocycles. The standard InChI is InChI=1S/C14H20BrNO/c1-10(14(2,3)4)16-13(17)9-11-5-7-12(15)8-6-11/h5-8,10H,9H2,1-4H3,(H,16,17)/t10-/m1/s1. The second kappa shape index (κ2) is 5.67. The molecule has 94 valence electrons. The number of hydrogen-bond acceptors (Lipinski definition) is 1. The first-order valence-corrected chi connectivity index (χ1v) is 6.62. The third-order valence-corrected chi connectivity index (χ3v) is 3.48. The van der Waals surface area contributed by atoms with E-state index in [4.69, 9.17) is 0 Å². The lowest BCUT2D eigenvalue weighted by molar-refractivity contribution is -0.121. The lowest BCUT2D eigenvalue weighted by Gasteiger charge is -2.28. The first-order valence-electron chi connectivity index (χ1n) is 5.83. The number of halogens is 1. The van der Waals surface area contributed by atoms with Crippen LogP contribution in [0.4, 0.5) is 0 Å². The van der Waals surface area contributed by atoms with Crippen molar-refractivity contribution in [1.82, 2.24) is 5.32 Å². The van der Waals surface area contributed by atoms with Crippen LogP contribution < -0.4 is 5.32 Å². The minimum absolute atomic E-state index is 0.0785. The van der Waals surface area contributed by atoms with Crippen LogP contribution in [0.1, 0.15) is 33.3 Å². The molecule has 1 N–H and O–H groups in total. The number of rotatable bonds is 3. The zero-order valence-corrected chi connectivity index (χ0v) is 12.5. The van der Waals surface area contributed by atoms with Gasteiger partial charge in [0.2, 0.25) is 5.91 Å². The molecule has 0 radical (unpaired) electrons. The summed E-state index contributed by atoms with van der Waals surface area (Å²) in [5.74, 6) is 0.0785. The van der Waals surface area contributed by atoms with Crippen molar-refractivity contribution in [2.24, 2.45) is 5.41 Å². The Hall–Kier alpha value is -0.830. The molecule has 0 saturated heterocycles. The van der Waals surface area contributed by atoms with E-state index in [1.807, 2.05) is 31.2 Å². The van der Waals surface area contributed by atoms with E-state index in [0.29, 0.717) is 6.42 Å². The Morgan fingerprint density at radius 2 is 1.82 bits per heavy atom. The van der Waals surface area contributed by atoms with Gasteiger partial charge in [0.15, 0.2) is 0 Å². The van der Waals surface area contributed by atoms with Gasteiger partial charge in [0, 0.05) is 10.5 Å². The predicted molar refractivity (Wildman–Crippen MR) is 74.9 cm³/mol. The molecular weight excluding hydrogens is 278 g/mol. The van der Waals surface area contributed by atoms with Crippen molar-refractivity contribution in [3.8, 4) is 0 Å². The highest BCUT2D eigenvalue weighted by Crippen LogP contribution is 2.18. The van der Waals surface area contributed by atoms with E-state index >= 15 is 0 Å². The first-order chi connectivity index (χ1) is 7.79. The van der Waals surface area contributed by atoms with Gasteiger partial charge in [-0.25, -0.2) is 0 Å². The molecule has 0 heterocycles. The van der Waals surface area contributed by atoms with Crippen LogP contribution >= 0.6 is 15.9 Å². The van der Waals surface area contributed by atoms with Gasteiger partial charge in [-0.05, 0) is 30.0 Å². The first kappa shape index (κ1) is 14.2. The van der Waals surface area contributed by atoms with Crippen LogP contribution in [0.3, 0.4) is 0 Å². The van der Waals surface area contributed by atoms with Crippen LogP contribution in [0.25, 0.3) is 0 Å². The fourth-order valence-electron chi connectivity index (χ4n) is 1.30. The molecule has 0 spiro atoms. The highest BCUT2D eigenvalue weighted by atomic mass is 79.9. The van der Waals surface area contributed by atoms with Gasteiger partial charge < -0.3 is 5.32 Å². The molecule has 1 amide bonds. The summed E-state index contributed by atoms with van der Waals surface area (Å²) in [4.78, 5) is 11.8. The summed E-state index contributed by atoms with van der Waals surface area (Å²) in [5, 5.41) is 3.03. The van der Waals surface area contributed by atoms with E-state index in [1.165, 1.54) is 0 Å². The normalized spacial score (nSPS) is 13.2. The van der Waals surface area contributed by atoms with E-state index in [1.54, 1.807) is 0 Å². The topological polar surface area (TPSA) is 29.1 Å². The van der Waals surface area contributed by atoms with Gasteiger partial charge in [0.05, 0.1) is 6.42 Å². The summed E-state index contributed by atoms with van der Waals surface area (Å²) >= 11 is 3.38. The van der Waals surface area contributed by atoms with Gasteiger partial charge in [-0.3, -0.25) is 4.79 Å². The Balaban J connectivity index is 2.53. The van der Waals surface area contributed by atoms with E-state index in [0.717, 1.165) is 10.0 Å². The van der Waals surface area contributed by atoms with E-state index < -0.39 is 0 Å². The summed E-state index contributed by atoms with van der Waals surface area (Å²) in [6, 6.07) is 8.01. The molecular formula is C14H20BrNO. The molecule has 0 fully saturated rings. The Morgan fingerprint density at radius 3 is 2.29 bits per heavy atom. The second-order valence-electron chi connectivity index (χ2n) is 5.46. The number of carbonyl (C=O) groups is 1. The average molecular weight is 298 g/mol. The smallest absolute Gasteiger partial charge is 0.224 e. The Labute approximate surface area is 112 Å². The van der Waals surface area contributed by atoms with Gasteiger partial charge >= 0.3 is 0 Å². The van der Waals surface area contributed by atoms with Crippen LogP contribution in [-0.2, 0) is 11.2 Å². The fraction of sp³-hybridized carbons (Fsp3) is 0.500. The zero-order chi connectivity index (χ0) is 13.1. The Morgan fingerprint density at radius 1 is 1.29 bits per heavy atom. The van der Waals surface area contributed by atoms with Gasteiger partial charge in [-0.2, -0.15) is 0 Å². The van der Waals surface area contributed by atoms with Gasteiger partial charge in [-0.1, -0.05) is 48.8 Å². The van der Waals surface area contributed by atoms with Gasteiger partial charge in [0.1, 0.15) is 0 Å². The summed E-state index contributed by atoms with van der Waals surface area (Å²) in [7, 11) is 0. The lowest BCUT2D eigenvalue weighted by atomic mass is 9.88. The maximum Gasteiger partial charge on any atom is 0.224 e. The van der Waals surface area contributed by atoms with Crippen molar-refractivity contribution in [3.63, 3.8) is 0 Å². The highest BCUT2D eigenvalue weighted by molar-refractivity contribution is 9.10. The van der Waals surface area contributed by atoms with E-state index in [-0.39, 0.29) is 17.4 Å². The number of hydrogen-bond donors (Lipinski definition) is 1. The minimum atomic E-state index is 0.0785. The molecule has 1 atom stereocenters. The second-order valence-corrected chi connectivity index (χ2v) is 6.37. The summed E-state index contributed by atoms with van der Waals surface area (Å²) in [5.41, 5.74) is 1.13. The summed E-state index contributed by atoms with van der Waals surface area (Å²) in [6.07, 6.45) is 0.438. The largest absolute Gasteiger partial charge is 0.353 e. The maximum atomic E-state index is 11.8. The highest BCUT2D eigenvalue weighted by Gasteiger charge is 2.21. The van der Waals surface area contributed by atoms with Crippen molar-refractivity contribution >= 4 is 21.8 Å². The number of nitrogens with one attached hydrogen (secondary N) is 1. The average Bonchev–Trinajstić information content (AvgIpc) is 2.20. The third kappa shape index (κ3) is 4.90. The molecule has 3 heteroatoms. The molecule has 0 aliphatic carbocycles. The molecule has 17 heavy (non-hydrogen) atoms. The molecule has 0 bridgehead atoms. The number of carbonyl (C=O) groups excluding carboxylic acids is 1. The van der Waals surface area contributed by atoms with Crippen molar-refractivity contribution in [2.45, 2.75) is 40.2 Å². The minimum Gasteiger partial charge on any atom is -0.353 e. The lowest BCUT2D eigenvalue weighted by Crippen LogP contribution is -2.42. The quantitative estimate of drug-likeness (QED) is 0.908. The van der Waals surface area contributed by atoms with Crippen LogP contribution in [0.2, 0.25) is 0 Å². The van der Waals surface area contributed by atoms with Crippen LogP contribution in [0.5, 0.6) is 0 Å². The van der Waals surface area contributed by atoms with Crippen LogP contribution in [0, 0.1) is 5.41 Å². The Bertz CT molecular complexity index is 378. The molecule has 1 rings (SSSR count). The van der Waals surface area contributed by atoms with Crippen LogP contribution in [-0.4, -0.2) is 11.9 Å². The third-order valence-electron chi connectivity index (χ3n) is 2.95.